The Morgan fingerprint density at radius 3 is 2.90 bits per heavy atom. The van der Waals surface area contributed by atoms with Crippen molar-refractivity contribution in [2.45, 2.75) is 19.9 Å². The summed E-state index contributed by atoms with van der Waals surface area (Å²) in [4.78, 5) is 5.53. The quantitative estimate of drug-likeness (QED) is 0.724. The van der Waals surface area contributed by atoms with Gasteiger partial charge in [-0.3, -0.25) is 0 Å². The zero-order valence-corrected chi connectivity index (χ0v) is 13.4. The minimum atomic E-state index is 0.574. The van der Waals surface area contributed by atoms with Gasteiger partial charge < -0.3 is 14.8 Å². The van der Waals surface area contributed by atoms with E-state index in [1.54, 1.807) is 11.3 Å². The van der Waals surface area contributed by atoms with E-state index in [4.69, 9.17) is 9.47 Å². The minimum absolute atomic E-state index is 0.574. The van der Waals surface area contributed by atoms with Crippen molar-refractivity contribution in [1.82, 2.24) is 10.3 Å². The smallest absolute Gasteiger partial charge is 0.119 e. The summed E-state index contributed by atoms with van der Waals surface area (Å²) in [5.74, 6) is 0.893. The van der Waals surface area contributed by atoms with Crippen LogP contribution in [0.5, 0.6) is 5.75 Å². The van der Waals surface area contributed by atoms with Crippen LogP contribution in [-0.2, 0) is 17.7 Å². The predicted octanol–water partition coefficient (Wildman–Crippen LogP) is 2.81. The van der Waals surface area contributed by atoms with Gasteiger partial charge in [0.1, 0.15) is 12.4 Å². The van der Waals surface area contributed by atoms with Crippen molar-refractivity contribution in [3.05, 3.63) is 45.9 Å². The van der Waals surface area contributed by atoms with Crippen LogP contribution in [0.1, 0.15) is 16.1 Å². The zero-order chi connectivity index (χ0) is 14.9. The molecule has 5 heteroatoms. The lowest BCUT2D eigenvalue weighted by atomic mass is 10.2. The Morgan fingerprint density at radius 1 is 1.24 bits per heavy atom. The molecule has 0 fully saturated rings. The second-order valence-corrected chi connectivity index (χ2v) is 5.69. The van der Waals surface area contributed by atoms with E-state index in [0.717, 1.165) is 24.4 Å². The Kier molecular flexibility index (Phi) is 6.66. The third-order valence-electron chi connectivity index (χ3n) is 3.09. The highest BCUT2D eigenvalue weighted by molar-refractivity contribution is 7.09. The number of benzene rings is 1. The van der Waals surface area contributed by atoms with Crippen molar-refractivity contribution in [3.8, 4) is 5.75 Å². The molecule has 0 atom stereocenters. The molecule has 0 saturated heterocycles. The predicted molar refractivity (Wildman–Crippen MR) is 86.1 cm³/mol. The molecular weight excluding hydrogens is 284 g/mol. The van der Waals surface area contributed by atoms with Gasteiger partial charge in [-0.15, -0.1) is 11.3 Å². The molecule has 1 heterocycles. The third-order valence-corrected chi connectivity index (χ3v) is 4.09. The summed E-state index contributed by atoms with van der Waals surface area (Å²) >= 11 is 1.69. The number of thiazole rings is 1. The monoisotopic (exact) mass is 306 g/mol. The van der Waals surface area contributed by atoms with Gasteiger partial charge in [0, 0.05) is 17.8 Å². The molecule has 114 valence electrons. The summed E-state index contributed by atoms with van der Waals surface area (Å²) < 4.78 is 11.3. The van der Waals surface area contributed by atoms with Crippen molar-refractivity contribution in [3.63, 3.8) is 0 Å². The van der Waals surface area contributed by atoms with Crippen LogP contribution < -0.4 is 10.1 Å². The van der Waals surface area contributed by atoms with Gasteiger partial charge in [0.05, 0.1) is 24.4 Å². The Labute approximate surface area is 130 Å². The third kappa shape index (κ3) is 5.46. The number of hydrogen-bond acceptors (Lipinski definition) is 5. The molecule has 0 bridgehead atoms. The molecule has 2 rings (SSSR count). The van der Waals surface area contributed by atoms with Crippen molar-refractivity contribution >= 4 is 11.3 Å². The molecule has 2 aromatic rings. The van der Waals surface area contributed by atoms with Gasteiger partial charge in [-0.2, -0.15) is 0 Å². The lowest BCUT2D eigenvalue weighted by molar-refractivity contribution is 0.103. The second-order valence-electron chi connectivity index (χ2n) is 4.75. The maximum Gasteiger partial charge on any atom is 0.119 e. The molecular formula is C16H22N2O2S. The van der Waals surface area contributed by atoms with E-state index < -0.39 is 0 Å². The highest BCUT2D eigenvalue weighted by Gasteiger charge is 2.01. The summed E-state index contributed by atoms with van der Waals surface area (Å²) in [6.07, 6.45) is 0.925. The molecule has 0 aliphatic heterocycles. The first kappa shape index (κ1) is 15.9. The van der Waals surface area contributed by atoms with E-state index >= 15 is 0 Å². The summed E-state index contributed by atoms with van der Waals surface area (Å²) in [5.41, 5.74) is 4.21. The molecule has 0 aliphatic rings. The van der Waals surface area contributed by atoms with Gasteiger partial charge in [0.25, 0.3) is 0 Å². The fraction of sp³-hybridized carbons (Fsp3) is 0.438. The summed E-state index contributed by atoms with van der Waals surface area (Å²) in [5, 5.41) is 3.13. The normalized spacial score (nSPS) is 10.8. The van der Waals surface area contributed by atoms with Crippen molar-refractivity contribution < 1.29 is 9.47 Å². The van der Waals surface area contributed by atoms with Gasteiger partial charge in [-0.25, -0.2) is 4.98 Å². The largest absolute Gasteiger partial charge is 0.491 e. The molecule has 0 amide bonds. The van der Waals surface area contributed by atoms with E-state index in [2.05, 4.69) is 22.4 Å². The van der Waals surface area contributed by atoms with Crippen LogP contribution in [0.4, 0.5) is 0 Å². The molecule has 4 nitrogen and oxygen atoms in total. The second kappa shape index (κ2) is 8.77. The van der Waals surface area contributed by atoms with Crippen molar-refractivity contribution in [2.75, 3.05) is 26.9 Å². The summed E-state index contributed by atoms with van der Waals surface area (Å²) in [6.45, 7) is 4.78. The van der Waals surface area contributed by atoms with Crippen LogP contribution in [0.25, 0.3) is 0 Å². The number of ether oxygens (including phenoxy) is 2. The van der Waals surface area contributed by atoms with E-state index in [9.17, 15) is 0 Å². The molecule has 1 N–H and O–H groups in total. The van der Waals surface area contributed by atoms with Gasteiger partial charge in [-0.1, -0.05) is 12.1 Å². The van der Waals surface area contributed by atoms with Crippen LogP contribution in [0.2, 0.25) is 0 Å². The number of aryl methyl sites for hydroxylation is 1. The number of nitrogens with zero attached hydrogens (tertiary/aromatic N) is 1. The molecule has 0 spiro atoms. The molecule has 0 aliphatic carbocycles. The first-order chi connectivity index (χ1) is 10.3. The molecule has 1 aromatic heterocycles. The zero-order valence-electron chi connectivity index (χ0n) is 12.6. The maximum absolute atomic E-state index is 5.69. The number of rotatable bonds is 9. The summed E-state index contributed by atoms with van der Waals surface area (Å²) in [7, 11) is 1.94. The highest BCUT2D eigenvalue weighted by atomic mass is 32.1. The fourth-order valence-electron chi connectivity index (χ4n) is 2.00. The first-order valence-electron chi connectivity index (χ1n) is 7.12. The lowest BCUT2D eigenvalue weighted by Gasteiger charge is -2.08. The standard InChI is InChI=1S/C16H22N2O2S/c1-13-16(21-12-18-13)6-7-19-8-9-20-15-5-3-4-14(10-15)11-17-2/h3-5,10,12,17H,6-9,11H2,1-2H3. The Balaban J connectivity index is 1.61. The van der Waals surface area contributed by atoms with E-state index in [-0.39, 0.29) is 0 Å². The molecule has 21 heavy (non-hydrogen) atoms. The van der Waals surface area contributed by atoms with Gasteiger partial charge in [0.2, 0.25) is 0 Å². The van der Waals surface area contributed by atoms with E-state index in [0.29, 0.717) is 19.8 Å². The Hall–Kier alpha value is -1.43. The van der Waals surface area contributed by atoms with Crippen LogP contribution in [-0.4, -0.2) is 31.9 Å². The molecule has 0 unspecified atom stereocenters. The lowest BCUT2D eigenvalue weighted by Crippen LogP contribution is -2.09. The Bertz CT molecular complexity index is 543. The maximum atomic E-state index is 5.69. The Morgan fingerprint density at radius 2 is 2.14 bits per heavy atom. The summed E-state index contributed by atoms with van der Waals surface area (Å²) in [6, 6.07) is 8.11. The van der Waals surface area contributed by atoms with Crippen LogP contribution in [0, 0.1) is 6.92 Å². The van der Waals surface area contributed by atoms with Gasteiger partial charge >= 0.3 is 0 Å². The van der Waals surface area contributed by atoms with Crippen LogP contribution in [0.15, 0.2) is 29.8 Å². The first-order valence-corrected chi connectivity index (χ1v) is 8.00. The van der Waals surface area contributed by atoms with Gasteiger partial charge in [0.15, 0.2) is 0 Å². The van der Waals surface area contributed by atoms with Gasteiger partial charge in [-0.05, 0) is 31.7 Å². The average Bonchev–Trinajstić information content (AvgIpc) is 2.89. The fourth-order valence-corrected chi connectivity index (χ4v) is 2.76. The topological polar surface area (TPSA) is 43.4 Å². The van der Waals surface area contributed by atoms with Crippen LogP contribution in [0.3, 0.4) is 0 Å². The van der Waals surface area contributed by atoms with Crippen LogP contribution >= 0.6 is 11.3 Å². The van der Waals surface area contributed by atoms with E-state index in [1.807, 2.05) is 31.6 Å². The molecule has 0 saturated carbocycles. The SMILES string of the molecule is CNCc1cccc(OCCOCCc2scnc2C)c1. The number of hydrogen-bond donors (Lipinski definition) is 1. The molecule has 1 aromatic carbocycles. The average molecular weight is 306 g/mol. The highest BCUT2D eigenvalue weighted by Crippen LogP contribution is 2.14. The number of aromatic nitrogens is 1. The number of nitrogens with one attached hydrogen (secondary N) is 1. The minimum Gasteiger partial charge on any atom is -0.491 e. The van der Waals surface area contributed by atoms with Crippen molar-refractivity contribution in [1.29, 1.82) is 0 Å². The van der Waals surface area contributed by atoms with E-state index in [1.165, 1.54) is 10.4 Å². The molecule has 0 radical (unpaired) electrons. The van der Waals surface area contributed by atoms with Crippen molar-refractivity contribution in [2.24, 2.45) is 0 Å².